The predicted molar refractivity (Wildman–Crippen MR) is 45.5 cm³/mol. The van der Waals surface area contributed by atoms with Gasteiger partial charge in [0.05, 0.1) is 6.10 Å². The van der Waals surface area contributed by atoms with Gasteiger partial charge in [0.1, 0.15) is 0 Å². The Balaban J connectivity index is 1.93. The number of rotatable bonds is 0. The van der Waals surface area contributed by atoms with Gasteiger partial charge in [0.25, 0.3) is 0 Å². The summed E-state index contributed by atoms with van der Waals surface area (Å²) in [5.74, 6) is 1.83. The van der Waals surface area contributed by atoms with Crippen molar-refractivity contribution >= 4 is 0 Å². The lowest BCUT2D eigenvalue weighted by molar-refractivity contribution is -0.0579. The van der Waals surface area contributed by atoms with Crippen LogP contribution in [0.2, 0.25) is 0 Å². The topological polar surface area (TPSA) is 9.23 Å². The van der Waals surface area contributed by atoms with Gasteiger partial charge in [-0.05, 0) is 37.5 Å². The standard InChI is InChI=1S/C10H18O/c1-8-4-5-9-3-2-6-11-10(9)7-8/h8-10H,2-7H2,1H3. The van der Waals surface area contributed by atoms with Gasteiger partial charge < -0.3 is 4.74 Å². The minimum Gasteiger partial charge on any atom is -0.378 e. The molecule has 0 N–H and O–H groups in total. The molecule has 2 aliphatic rings. The second kappa shape index (κ2) is 3.14. The first-order valence-corrected chi connectivity index (χ1v) is 4.98. The molecule has 0 bridgehead atoms. The summed E-state index contributed by atoms with van der Waals surface area (Å²) in [7, 11) is 0. The van der Waals surface area contributed by atoms with Gasteiger partial charge in [0, 0.05) is 6.61 Å². The van der Waals surface area contributed by atoms with E-state index in [1.165, 1.54) is 32.1 Å². The van der Waals surface area contributed by atoms with Gasteiger partial charge >= 0.3 is 0 Å². The van der Waals surface area contributed by atoms with Gasteiger partial charge in [-0.2, -0.15) is 0 Å². The fraction of sp³-hybridized carbons (Fsp3) is 1.00. The minimum absolute atomic E-state index is 0.632. The van der Waals surface area contributed by atoms with Gasteiger partial charge in [-0.3, -0.25) is 0 Å². The smallest absolute Gasteiger partial charge is 0.0605 e. The maximum atomic E-state index is 5.75. The van der Waals surface area contributed by atoms with Crippen LogP contribution in [0.1, 0.15) is 39.0 Å². The molecule has 1 aliphatic heterocycles. The number of fused-ring (bicyclic) bond motifs is 1. The highest BCUT2D eigenvalue weighted by molar-refractivity contribution is 4.81. The molecule has 3 atom stereocenters. The summed E-state index contributed by atoms with van der Waals surface area (Å²) in [5.41, 5.74) is 0. The van der Waals surface area contributed by atoms with E-state index in [0.717, 1.165) is 18.4 Å². The average molecular weight is 154 g/mol. The molecule has 2 fully saturated rings. The molecule has 3 unspecified atom stereocenters. The van der Waals surface area contributed by atoms with Gasteiger partial charge in [-0.15, -0.1) is 0 Å². The zero-order valence-electron chi connectivity index (χ0n) is 7.38. The molecule has 1 heterocycles. The van der Waals surface area contributed by atoms with Crippen LogP contribution in [-0.2, 0) is 4.74 Å². The molecule has 11 heavy (non-hydrogen) atoms. The first kappa shape index (κ1) is 7.60. The van der Waals surface area contributed by atoms with E-state index < -0.39 is 0 Å². The van der Waals surface area contributed by atoms with Crippen molar-refractivity contribution in [3.8, 4) is 0 Å². The van der Waals surface area contributed by atoms with Crippen LogP contribution in [0.25, 0.3) is 0 Å². The van der Waals surface area contributed by atoms with E-state index in [4.69, 9.17) is 4.74 Å². The molecule has 1 heteroatoms. The Morgan fingerprint density at radius 1 is 1.18 bits per heavy atom. The zero-order chi connectivity index (χ0) is 7.68. The van der Waals surface area contributed by atoms with E-state index in [1.807, 2.05) is 0 Å². The van der Waals surface area contributed by atoms with E-state index in [2.05, 4.69) is 6.92 Å². The van der Waals surface area contributed by atoms with Crippen molar-refractivity contribution in [2.45, 2.75) is 45.1 Å². The lowest BCUT2D eigenvalue weighted by Gasteiger charge is -2.38. The summed E-state index contributed by atoms with van der Waals surface area (Å²) < 4.78 is 5.75. The van der Waals surface area contributed by atoms with Crippen molar-refractivity contribution in [1.29, 1.82) is 0 Å². The van der Waals surface area contributed by atoms with Crippen LogP contribution >= 0.6 is 0 Å². The largest absolute Gasteiger partial charge is 0.378 e. The molecule has 1 saturated heterocycles. The number of hydrogen-bond donors (Lipinski definition) is 0. The highest BCUT2D eigenvalue weighted by atomic mass is 16.5. The normalized spacial score (nSPS) is 45.0. The molecular formula is C10H18O. The molecule has 1 nitrogen and oxygen atoms in total. The van der Waals surface area contributed by atoms with Gasteiger partial charge in [-0.25, -0.2) is 0 Å². The SMILES string of the molecule is CC1CCC2CCCOC2C1. The maximum Gasteiger partial charge on any atom is 0.0605 e. The third-order valence-corrected chi connectivity index (χ3v) is 3.24. The Bertz CT molecular complexity index is 133. The zero-order valence-corrected chi connectivity index (χ0v) is 7.38. The Labute approximate surface area is 69.1 Å². The Morgan fingerprint density at radius 3 is 3.00 bits per heavy atom. The second-order valence-electron chi connectivity index (χ2n) is 4.23. The van der Waals surface area contributed by atoms with Crippen molar-refractivity contribution in [1.82, 2.24) is 0 Å². The monoisotopic (exact) mass is 154 g/mol. The molecule has 1 aliphatic carbocycles. The highest BCUT2D eigenvalue weighted by Crippen LogP contribution is 2.35. The number of ether oxygens (including phenoxy) is 1. The summed E-state index contributed by atoms with van der Waals surface area (Å²) in [6.07, 6.45) is 7.54. The van der Waals surface area contributed by atoms with E-state index >= 15 is 0 Å². The minimum atomic E-state index is 0.632. The maximum absolute atomic E-state index is 5.75. The molecule has 2 rings (SSSR count). The van der Waals surface area contributed by atoms with Crippen molar-refractivity contribution < 1.29 is 4.74 Å². The number of hydrogen-bond acceptors (Lipinski definition) is 1. The fourth-order valence-electron chi connectivity index (χ4n) is 2.51. The van der Waals surface area contributed by atoms with E-state index in [-0.39, 0.29) is 0 Å². The van der Waals surface area contributed by atoms with Gasteiger partial charge in [0.2, 0.25) is 0 Å². The highest BCUT2D eigenvalue weighted by Gasteiger charge is 2.31. The van der Waals surface area contributed by atoms with Crippen LogP contribution in [0.5, 0.6) is 0 Å². The molecular weight excluding hydrogens is 136 g/mol. The van der Waals surface area contributed by atoms with Crippen LogP contribution < -0.4 is 0 Å². The molecule has 0 amide bonds. The van der Waals surface area contributed by atoms with Gasteiger partial charge in [0.15, 0.2) is 0 Å². The molecule has 0 spiro atoms. The van der Waals surface area contributed by atoms with Gasteiger partial charge in [-0.1, -0.05) is 13.3 Å². The first-order chi connectivity index (χ1) is 5.36. The van der Waals surface area contributed by atoms with Crippen LogP contribution in [0.15, 0.2) is 0 Å². The van der Waals surface area contributed by atoms with Crippen molar-refractivity contribution in [3.05, 3.63) is 0 Å². The second-order valence-corrected chi connectivity index (χ2v) is 4.23. The summed E-state index contributed by atoms with van der Waals surface area (Å²) in [4.78, 5) is 0. The van der Waals surface area contributed by atoms with Crippen molar-refractivity contribution in [3.63, 3.8) is 0 Å². The molecule has 64 valence electrons. The third kappa shape index (κ3) is 1.58. The van der Waals surface area contributed by atoms with Crippen LogP contribution in [0.3, 0.4) is 0 Å². The summed E-state index contributed by atoms with van der Waals surface area (Å²) in [6.45, 7) is 3.38. The quantitative estimate of drug-likeness (QED) is 0.521. The summed E-state index contributed by atoms with van der Waals surface area (Å²) >= 11 is 0. The molecule has 0 radical (unpaired) electrons. The van der Waals surface area contributed by atoms with Crippen molar-refractivity contribution in [2.24, 2.45) is 11.8 Å². The summed E-state index contributed by atoms with van der Waals surface area (Å²) in [5, 5.41) is 0. The molecule has 0 aromatic rings. The Morgan fingerprint density at radius 2 is 2.09 bits per heavy atom. The van der Waals surface area contributed by atoms with Crippen molar-refractivity contribution in [2.75, 3.05) is 6.61 Å². The van der Waals surface area contributed by atoms with Crippen LogP contribution in [-0.4, -0.2) is 12.7 Å². The lowest BCUT2D eigenvalue weighted by Crippen LogP contribution is -2.34. The third-order valence-electron chi connectivity index (χ3n) is 3.24. The van der Waals surface area contributed by atoms with E-state index in [0.29, 0.717) is 6.10 Å². The lowest BCUT2D eigenvalue weighted by atomic mass is 9.77. The first-order valence-electron chi connectivity index (χ1n) is 4.98. The predicted octanol–water partition coefficient (Wildman–Crippen LogP) is 2.60. The summed E-state index contributed by atoms with van der Waals surface area (Å²) in [6, 6.07) is 0. The van der Waals surface area contributed by atoms with E-state index in [1.54, 1.807) is 0 Å². The molecule has 1 saturated carbocycles. The van der Waals surface area contributed by atoms with Crippen LogP contribution in [0.4, 0.5) is 0 Å². The average Bonchev–Trinajstić information content (AvgIpc) is 2.04. The van der Waals surface area contributed by atoms with E-state index in [9.17, 15) is 0 Å². The Kier molecular flexibility index (Phi) is 2.17. The fourth-order valence-corrected chi connectivity index (χ4v) is 2.51. The van der Waals surface area contributed by atoms with Crippen LogP contribution in [0, 0.1) is 11.8 Å². The molecule has 0 aromatic carbocycles. The Hall–Kier alpha value is -0.0400. The molecule has 0 aromatic heterocycles.